The number of carbonyl (C=O) groups excluding carboxylic acids is 1. The van der Waals surface area contributed by atoms with Crippen molar-refractivity contribution in [2.24, 2.45) is 0 Å². The summed E-state index contributed by atoms with van der Waals surface area (Å²) in [7, 11) is 3.18. The summed E-state index contributed by atoms with van der Waals surface area (Å²) in [4.78, 5) is 19.7. The number of rotatable bonds is 6. The molecule has 0 saturated carbocycles. The third-order valence-corrected chi connectivity index (χ3v) is 6.12. The fourth-order valence-corrected chi connectivity index (χ4v) is 4.75. The van der Waals surface area contributed by atoms with Gasteiger partial charge in [-0.1, -0.05) is 12.1 Å². The first kappa shape index (κ1) is 18.7. The van der Waals surface area contributed by atoms with Crippen LogP contribution in [-0.2, 0) is 4.79 Å². The van der Waals surface area contributed by atoms with Gasteiger partial charge in [-0.05, 0) is 43.7 Å². The summed E-state index contributed by atoms with van der Waals surface area (Å²) in [6, 6.07) is 13.7. The summed E-state index contributed by atoms with van der Waals surface area (Å²) in [5.41, 5.74) is 1.64. The van der Waals surface area contributed by atoms with Crippen LogP contribution in [0.3, 0.4) is 0 Å². The van der Waals surface area contributed by atoms with Crippen LogP contribution in [0.15, 0.2) is 42.5 Å². The van der Waals surface area contributed by atoms with Crippen molar-refractivity contribution < 1.29 is 14.3 Å². The number of para-hydroxylation sites is 1. The minimum absolute atomic E-state index is 0.0698. The second kappa shape index (κ2) is 8.16. The number of anilines is 1. The monoisotopic (exact) mass is 397 g/mol. The Balaban J connectivity index is 1.48. The van der Waals surface area contributed by atoms with Gasteiger partial charge in [0.25, 0.3) is 0 Å². The summed E-state index contributed by atoms with van der Waals surface area (Å²) in [6.45, 7) is 1.21. The van der Waals surface area contributed by atoms with Gasteiger partial charge in [0.1, 0.15) is 16.5 Å². The van der Waals surface area contributed by atoms with Gasteiger partial charge in [0, 0.05) is 6.07 Å². The molecule has 0 radical (unpaired) electrons. The molecule has 0 bridgehead atoms. The van der Waals surface area contributed by atoms with Crippen molar-refractivity contribution in [1.29, 1.82) is 0 Å². The fraction of sp³-hybridized carbons (Fsp3) is 0.333. The van der Waals surface area contributed by atoms with Crippen molar-refractivity contribution in [3.8, 4) is 11.5 Å². The molecule has 1 saturated heterocycles. The van der Waals surface area contributed by atoms with Crippen LogP contribution in [0, 0.1) is 0 Å². The third-order valence-electron chi connectivity index (χ3n) is 4.99. The number of carbonyl (C=O) groups is 1. The number of fused-ring (bicyclic) bond motifs is 1. The van der Waals surface area contributed by atoms with E-state index < -0.39 is 0 Å². The Morgan fingerprint density at radius 2 is 2.11 bits per heavy atom. The minimum Gasteiger partial charge on any atom is -0.497 e. The van der Waals surface area contributed by atoms with Crippen molar-refractivity contribution >= 4 is 33.1 Å². The highest BCUT2D eigenvalue weighted by molar-refractivity contribution is 7.18. The third kappa shape index (κ3) is 3.81. The lowest BCUT2D eigenvalue weighted by atomic mass is 10.2. The molecule has 146 valence electrons. The normalized spacial score (nSPS) is 17.0. The number of nitrogens with one attached hydrogen (secondary N) is 1. The van der Waals surface area contributed by atoms with E-state index in [0.29, 0.717) is 23.7 Å². The number of methoxy groups -OCH3 is 2. The highest BCUT2D eigenvalue weighted by Crippen LogP contribution is 2.36. The smallest absolute Gasteiger partial charge is 0.238 e. The molecule has 4 rings (SSSR count). The van der Waals surface area contributed by atoms with Crippen molar-refractivity contribution in [3.63, 3.8) is 0 Å². The van der Waals surface area contributed by atoms with Gasteiger partial charge >= 0.3 is 0 Å². The number of amides is 1. The van der Waals surface area contributed by atoms with Crippen LogP contribution in [0.1, 0.15) is 23.9 Å². The van der Waals surface area contributed by atoms with Crippen molar-refractivity contribution in [2.45, 2.75) is 18.9 Å². The zero-order valence-electron chi connectivity index (χ0n) is 16.0. The maximum Gasteiger partial charge on any atom is 0.238 e. The van der Waals surface area contributed by atoms with Gasteiger partial charge in [-0.15, -0.1) is 11.3 Å². The highest BCUT2D eigenvalue weighted by Gasteiger charge is 2.30. The van der Waals surface area contributed by atoms with Crippen molar-refractivity contribution in [2.75, 3.05) is 32.6 Å². The number of hydrogen-bond donors (Lipinski definition) is 1. The quantitative estimate of drug-likeness (QED) is 0.679. The molecule has 1 atom stereocenters. The van der Waals surface area contributed by atoms with Crippen LogP contribution in [0.5, 0.6) is 11.5 Å². The summed E-state index contributed by atoms with van der Waals surface area (Å²) in [6.07, 6.45) is 2.09. The van der Waals surface area contributed by atoms with Gasteiger partial charge in [0.05, 0.1) is 42.7 Å². The molecule has 1 fully saturated rings. The van der Waals surface area contributed by atoms with E-state index in [-0.39, 0.29) is 11.9 Å². The number of likely N-dealkylation sites (tertiary alicyclic amines) is 1. The lowest BCUT2D eigenvalue weighted by Crippen LogP contribution is -2.33. The van der Waals surface area contributed by atoms with Crippen LogP contribution < -0.4 is 14.8 Å². The lowest BCUT2D eigenvalue weighted by molar-refractivity contribution is -0.117. The Bertz CT molecular complexity index is 955. The van der Waals surface area contributed by atoms with Crippen LogP contribution in [0.25, 0.3) is 10.2 Å². The molecule has 0 spiro atoms. The average Bonchev–Trinajstić information content (AvgIpc) is 3.34. The molecule has 28 heavy (non-hydrogen) atoms. The molecule has 0 unspecified atom stereocenters. The fourth-order valence-electron chi connectivity index (χ4n) is 3.61. The molecule has 1 amide bonds. The topological polar surface area (TPSA) is 63.7 Å². The Morgan fingerprint density at radius 3 is 2.89 bits per heavy atom. The Kier molecular flexibility index (Phi) is 5.45. The molecule has 1 aliphatic rings. The molecule has 6 nitrogen and oxygen atoms in total. The number of benzene rings is 2. The molecular formula is C21H23N3O3S. The lowest BCUT2D eigenvalue weighted by Gasteiger charge is -2.22. The van der Waals surface area contributed by atoms with E-state index in [0.717, 1.165) is 29.9 Å². The van der Waals surface area contributed by atoms with E-state index in [1.807, 2.05) is 18.2 Å². The highest BCUT2D eigenvalue weighted by atomic mass is 32.1. The predicted octanol–water partition coefficient (Wildman–Crippen LogP) is 4.09. The van der Waals surface area contributed by atoms with Gasteiger partial charge in [0.15, 0.2) is 0 Å². The number of ether oxygens (including phenoxy) is 2. The second-order valence-electron chi connectivity index (χ2n) is 6.76. The standard InChI is InChI=1S/C21H23N3O3S/c1-26-14-9-10-18(27-2)16(12-14)22-20(25)13-24-11-5-7-17(24)21-23-15-6-3-4-8-19(15)28-21/h3-4,6,8-10,12,17H,5,7,11,13H2,1-2H3,(H,22,25)/t17-/m0/s1. The van der Waals surface area contributed by atoms with E-state index in [1.165, 1.54) is 4.70 Å². The maximum absolute atomic E-state index is 12.7. The zero-order chi connectivity index (χ0) is 19.5. The Labute approximate surface area is 168 Å². The molecular weight excluding hydrogens is 374 g/mol. The van der Waals surface area contributed by atoms with E-state index in [4.69, 9.17) is 14.5 Å². The van der Waals surface area contributed by atoms with Crippen molar-refractivity contribution in [1.82, 2.24) is 9.88 Å². The molecule has 7 heteroatoms. The molecule has 1 aromatic heterocycles. The zero-order valence-corrected chi connectivity index (χ0v) is 16.8. The summed E-state index contributed by atoms with van der Waals surface area (Å²) < 4.78 is 11.8. The number of nitrogens with zero attached hydrogens (tertiary/aromatic N) is 2. The van der Waals surface area contributed by atoms with Crippen LogP contribution in [-0.4, -0.2) is 43.1 Å². The van der Waals surface area contributed by atoms with Crippen LogP contribution in [0.2, 0.25) is 0 Å². The van der Waals surface area contributed by atoms with E-state index in [1.54, 1.807) is 43.8 Å². The van der Waals surface area contributed by atoms with Gasteiger partial charge in [0.2, 0.25) is 5.91 Å². The Hall–Kier alpha value is -2.64. The molecule has 1 aliphatic heterocycles. The summed E-state index contributed by atoms with van der Waals surface area (Å²) in [5, 5.41) is 4.05. The second-order valence-corrected chi connectivity index (χ2v) is 7.82. The van der Waals surface area contributed by atoms with E-state index in [2.05, 4.69) is 16.3 Å². The number of thiazole rings is 1. The van der Waals surface area contributed by atoms with Gasteiger partial charge in [-0.3, -0.25) is 9.69 Å². The van der Waals surface area contributed by atoms with E-state index in [9.17, 15) is 4.79 Å². The first-order chi connectivity index (χ1) is 13.7. The summed E-state index contributed by atoms with van der Waals surface area (Å²) in [5.74, 6) is 1.21. The molecule has 2 heterocycles. The van der Waals surface area contributed by atoms with Crippen LogP contribution >= 0.6 is 11.3 Å². The predicted molar refractivity (Wildman–Crippen MR) is 111 cm³/mol. The molecule has 1 N–H and O–H groups in total. The SMILES string of the molecule is COc1ccc(OC)c(NC(=O)CN2CCC[C@H]2c2nc3ccccc3s2)c1. The van der Waals surface area contributed by atoms with E-state index >= 15 is 0 Å². The summed E-state index contributed by atoms with van der Waals surface area (Å²) >= 11 is 1.72. The van der Waals surface area contributed by atoms with Gasteiger partial charge in [-0.25, -0.2) is 4.98 Å². The number of aromatic nitrogens is 1. The van der Waals surface area contributed by atoms with Crippen LogP contribution in [0.4, 0.5) is 5.69 Å². The first-order valence-corrected chi connectivity index (χ1v) is 10.1. The first-order valence-electron chi connectivity index (χ1n) is 9.29. The molecule has 0 aliphatic carbocycles. The van der Waals surface area contributed by atoms with Crippen molar-refractivity contribution in [3.05, 3.63) is 47.5 Å². The number of hydrogen-bond acceptors (Lipinski definition) is 6. The molecule has 2 aromatic carbocycles. The Morgan fingerprint density at radius 1 is 1.25 bits per heavy atom. The molecule has 3 aromatic rings. The minimum atomic E-state index is -0.0698. The van der Waals surface area contributed by atoms with Gasteiger partial charge < -0.3 is 14.8 Å². The maximum atomic E-state index is 12.7. The van der Waals surface area contributed by atoms with Gasteiger partial charge in [-0.2, -0.15) is 0 Å². The average molecular weight is 398 g/mol. The largest absolute Gasteiger partial charge is 0.497 e.